The number of rotatable bonds is 5. The van der Waals surface area contributed by atoms with Crippen molar-refractivity contribution in [3.05, 3.63) is 79.5 Å². The zero-order valence-corrected chi connectivity index (χ0v) is 19.9. The summed E-state index contributed by atoms with van der Waals surface area (Å²) < 4.78 is 38.7. The fraction of sp³-hybridized carbons (Fsp3) is 0.130. The number of carbonyl (C=O) groups is 2. The van der Waals surface area contributed by atoms with E-state index in [4.69, 9.17) is 32.7 Å². The molecule has 0 spiro atoms. The Morgan fingerprint density at radius 2 is 1.79 bits per heavy atom. The molecule has 0 bridgehead atoms. The van der Waals surface area contributed by atoms with Gasteiger partial charge in [0.05, 0.1) is 36.1 Å². The molecule has 1 unspecified atom stereocenters. The van der Waals surface area contributed by atoms with Gasteiger partial charge in [-0.25, -0.2) is 8.78 Å². The first-order chi connectivity index (χ1) is 16.2. The average molecular weight is 526 g/mol. The quantitative estimate of drug-likeness (QED) is 0.252. The summed E-state index contributed by atoms with van der Waals surface area (Å²) >= 11 is 13.7. The molecule has 1 fully saturated rings. The molecule has 1 N–H and O–H groups in total. The van der Waals surface area contributed by atoms with Crippen LogP contribution in [0.15, 0.2) is 47.4 Å². The number of nitrogens with zero attached hydrogens (tertiary/aromatic N) is 1. The first-order valence-corrected chi connectivity index (χ1v) is 11.2. The van der Waals surface area contributed by atoms with Gasteiger partial charge in [-0.2, -0.15) is 0 Å². The lowest BCUT2D eigenvalue weighted by atomic mass is 9.99. The highest BCUT2D eigenvalue weighted by atomic mass is 35.5. The number of aliphatic hydroxyl groups excluding tert-OH is 1. The van der Waals surface area contributed by atoms with E-state index < -0.39 is 35.1 Å². The van der Waals surface area contributed by atoms with E-state index in [1.54, 1.807) is 17.5 Å². The van der Waals surface area contributed by atoms with Crippen molar-refractivity contribution in [2.45, 2.75) is 6.04 Å². The predicted molar refractivity (Wildman–Crippen MR) is 125 cm³/mol. The Labute approximate surface area is 206 Å². The van der Waals surface area contributed by atoms with Crippen LogP contribution in [-0.2, 0) is 9.59 Å². The molecule has 1 saturated heterocycles. The molecular weight excluding hydrogens is 511 g/mol. The van der Waals surface area contributed by atoms with Gasteiger partial charge in [-0.15, -0.1) is 11.3 Å². The van der Waals surface area contributed by atoms with Crippen LogP contribution in [0.25, 0.3) is 5.76 Å². The molecule has 1 atom stereocenters. The molecule has 2 aromatic carbocycles. The number of ether oxygens (including phenoxy) is 2. The van der Waals surface area contributed by atoms with Gasteiger partial charge in [0.2, 0.25) is 0 Å². The Hall–Kier alpha value is -3.14. The van der Waals surface area contributed by atoms with Crippen molar-refractivity contribution < 1.29 is 33.0 Å². The molecule has 34 heavy (non-hydrogen) atoms. The number of halogens is 4. The van der Waals surface area contributed by atoms with E-state index in [0.717, 1.165) is 17.0 Å². The number of carbonyl (C=O) groups excluding carboxylic acids is 2. The second kappa shape index (κ2) is 9.25. The van der Waals surface area contributed by atoms with Gasteiger partial charge >= 0.3 is 0 Å². The highest BCUT2D eigenvalue weighted by Gasteiger charge is 2.48. The Bertz CT molecular complexity index is 1340. The van der Waals surface area contributed by atoms with E-state index in [-0.39, 0.29) is 38.4 Å². The number of hydrogen-bond donors (Lipinski definition) is 1. The second-order valence-corrected chi connectivity index (χ2v) is 8.83. The molecule has 3 aromatic rings. The highest BCUT2D eigenvalue weighted by Crippen LogP contribution is 2.48. The lowest BCUT2D eigenvalue weighted by Crippen LogP contribution is -2.30. The van der Waals surface area contributed by atoms with Gasteiger partial charge in [0, 0.05) is 10.9 Å². The maximum Gasteiger partial charge on any atom is 0.300 e. The van der Waals surface area contributed by atoms with Crippen molar-refractivity contribution in [3.8, 4) is 11.5 Å². The number of methoxy groups -OCH3 is 2. The molecule has 1 aromatic heterocycles. The van der Waals surface area contributed by atoms with Crippen molar-refractivity contribution in [1.29, 1.82) is 0 Å². The molecule has 1 aliphatic heterocycles. The Morgan fingerprint density at radius 1 is 1.09 bits per heavy atom. The third-order valence-corrected chi connectivity index (χ3v) is 6.77. The number of aliphatic hydroxyl groups is 1. The lowest BCUT2D eigenvalue weighted by molar-refractivity contribution is -0.132. The van der Waals surface area contributed by atoms with Crippen molar-refractivity contribution in [2.24, 2.45) is 0 Å². The van der Waals surface area contributed by atoms with Crippen molar-refractivity contribution in [2.75, 3.05) is 19.1 Å². The van der Waals surface area contributed by atoms with E-state index in [9.17, 15) is 23.5 Å². The Balaban J connectivity index is 2.00. The standard InChI is InChI=1S/C23H15Cl2F2NO5S/c1-32-21-11(9-12(24)22(33-2)17(21)25)19(29)16-18(15-4-3-7-34-15)28(23(31)20(16)30)14-6-5-10(26)8-13(14)27/h3-9,18,29H,1-2H3/b19-16-. The van der Waals surface area contributed by atoms with Crippen molar-refractivity contribution in [3.63, 3.8) is 0 Å². The van der Waals surface area contributed by atoms with Gasteiger partial charge in [-0.3, -0.25) is 14.5 Å². The smallest absolute Gasteiger partial charge is 0.300 e. The maximum atomic E-state index is 14.7. The first kappa shape index (κ1) is 24.0. The Kier molecular flexibility index (Phi) is 6.53. The fourth-order valence-corrected chi connectivity index (χ4v) is 5.28. The highest BCUT2D eigenvalue weighted by molar-refractivity contribution is 7.10. The summed E-state index contributed by atoms with van der Waals surface area (Å²) in [5, 5.41) is 12.9. The van der Waals surface area contributed by atoms with E-state index in [1.807, 2.05) is 0 Å². The van der Waals surface area contributed by atoms with Crippen LogP contribution >= 0.6 is 34.5 Å². The van der Waals surface area contributed by atoms with Crippen LogP contribution in [0.1, 0.15) is 16.5 Å². The minimum atomic E-state index is -1.20. The SMILES string of the molecule is COc1c(Cl)cc(/C(O)=C2/C(=O)C(=O)N(c3ccc(F)cc3F)C2c2cccs2)c(OC)c1Cl. The van der Waals surface area contributed by atoms with Gasteiger partial charge in [0.1, 0.15) is 28.5 Å². The minimum Gasteiger partial charge on any atom is -0.507 e. The van der Waals surface area contributed by atoms with Crippen LogP contribution < -0.4 is 14.4 Å². The summed E-state index contributed by atoms with van der Waals surface area (Å²) in [6.45, 7) is 0. The summed E-state index contributed by atoms with van der Waals surface area (Å²) in [7, 11) is 2.63. The largest absolute Gasteiger partial charge is 0.507 e. The first-order valence-electron chi connectivity index (χ1n) is 9.61. The third-order valence-electron chi connectivity index (χ3n) is 5.22. The summed E-state index contributed by atoms with van der Waals surface area (Å²) in [6.07, 6.45) is 0. The van der Waals surface area contributed by atoms with E-state index in [1.165, 1.54) is 31.6 Å². The van der Waals surface area contributed by atoms with Crippen LogP contribution in [0.5, 0.6) is 11.5 Å². The molecule has 11 heteroatoms. The van der Waals surface area contributed by atoms with Crippen LogP contribution in [0, 0.1) is 11.6 Å². The molecule has 1 aliphatic rings. The van der Waals surface area contributed by atoms with Gasteiger partial charge in [-0.1, -0.05) is 29.3 Å². The summed E-state index contributed by atoms with van der Waals surface area (Å²) in [6, 6.07) is 5.98. The minimum absolute atomic E-state index is 0.0151. The normalized spacial score (nSPS) is 17.4. The maximum absolute atomic E-state index is 14.7. The second-order valence-electron chi connectivity index (χ2n) is 7.07. The van der Waals surface area contributed by atoms with Gasteiger partial charge < -0.3 is 14.6 Å². The summed E-state index contributed by atoms with van der Waals surface area (Å²) in [5.74, 6) is -4.68. The monoisotopic (exact) mass is 525 g/mol. The number of amides is 1. The van der Waals surface area contributed by atoms with E-state index >= 15 is 0 Å². The number of thiophene rings is 1. The zero-order valence-electron chi connectivity index (χ0n) is 17.6. The fourth-order valence-electron chi connectivity index (χ4n) is 3.77. The zero-order chi connectivity index (χ0) is 24.7. The van der Waals surface area contributed by atoms with Crippen molar-refractivity contribution >= 4 is 57.7 Å². The number of benzene rings is 2. The average Bonchev–Trinajstić information content (AvgIpc) is 3.41. The van der Waals surface area contributed by atoms with Crippen LogP contribution in [-0.4, -0.2) is 31.0 Å². The molecule has 0 aliphatic carbocycles. The predicted octanol–water partition coefficient (Wildman–Crippen LogP) is 5.98. The third kappa shape index (κ3) is 3.79. The number of hydrogen-bond acceptors (Lipinski definition) is 6. The number of anilines is 1. The van der Waals surface area contributed by atoms with Crippen molar-refractivity contribution in [1.82, 2.24) is 0 Å². The van der Waals surface area contributed by atoms with Gasteiger partial charge in [0.25, 0.3) is 11.7 Å². The summed E-state index contributed by atoms with van der Waals surface area (Å²) in [5.41, 5.74) is -0.733. The van der Waals surface area contributed by atoms with Gasteiger partial charge in [-0.05, 0) is 29.6 Å². The molecule has 1 amide bonds. The molecule has 0 radical (unpaired) electrons. The summed E-state index contributed by atoms with van der Waals surface area (Å²) in [4.78, 5) is 27.5. The van der Waals surface area contributed by atoms with Crippen LogP contribution in [0.2, 0.25) is 10.0 Å². The van der Waals surface area contributed by atoms with Crippen LogP contribution in [0.4, 0.5) is 14.5 Å². The Morgan fingerprint density at radius 3 is 2.38 bits per heavy atom. The molecule has 2 heterocycles. The number of Topliss-reactive ketones (excluding diaryl/α,β-unsaturated/α-hetero) is 1. The molecule has 6 nitrogen and oxygen atoms in total. The van der Waals surface area contributed by atoms with Gasteiger partial charge in [0.15, 0.2) is 11.5 Å². The van der Waals surface area contributed by atoms with Crippen LogP contribution in [0.3, 0.4) is 0 Å². The van der Waals surface area contributed by atoms with E-state index in [2.05, 4.69) is 0 Å². The topological polar surface area (TPSA) is 76.1 Å². The number of ketones is 1. The molecular formula is C23H15Cl2F2NO5S. The lowest BCUT2D eigenvalue weighted by Gasteiger charge is -2.24. The van der Waals surface area contributed by atoms with E-state index in [0.29, 0.717) is 10.9 Å². The molecule has 176 valence electrons. The molecule has 4 rings (SSSR count). The molecule has 0 saturated carbocycles.